The van der Waals surface area contributed by atoms with Crippen LogP contribution in [-0.4, -0.2) is 15.0 Å². The van der Waals surface area contributed by atoms with Gasteiger partial charge in [0.1, 0.15) is 12.1 Å². The number of aromatic nitrogens is 3. The molecule has 0 radical (unpaired) electrons. The fraction of sp³-hybridized carbons (Fsp3) is 0.0870. The number of benzene rings is 2. The van der Waals surface area contributed by atoms with Gasteiger partial charge in [0.05, 0.1) is 5.56 Å². The second-order valence-corrected chi connectivity index (χ2v) is 6.33. The fourth-order valence-corrected chi connectivity index (χ4v) is 2.70. The third-order valence-electron chi connectivity index (χ3n) is 4.14. The lowest BCUT2D eigenvalue weighted by molar-refractivity contribution is -0.137. The smallest absolute Gasteiger partial charge is 0.416 e. The van der Waals surface area contributed by atoms with Gasteiger partial charge in [-0.05, 0) is 47.9 Å². The number of pyridine rings is 1. The summed E-state index contributed by atoms with van der Waals surface area (Å²) in [6.07, 6.45) is -2.83. The van der Waals surface area contributed by atoms with Crippen LogP contribution in [0.1, 0.15) is 22.4 Å². The molecule has 30 heavy (non-hydrogen) atoms. The minimum Gasteiger partial charge on any atom is -0.471 e. The van der Waals surface area contributed by atoms with Gasteiger partial charge in [0.2, 0.25) is 5.88 Å². The number of rotatable bonds is 3. The van der Waals surface area contributed by atoms with Gasteiger partial charge in [-0.3, -0.25) is 0 Å². The second kappa shape index (κ2) is 8.21. The summed E-state index contributed by atoms with van der Waals surface area (Å²) in [5.41, 5.74) is 1.57. The summed E-state index contributed by atoms with van der Waals surface area (Å²) in [4.78, 5) is 13.0. The summed E-state index contributed by atoms with van der Waals surface area (Å²) < 4.78 is 44.5. The molecule has 0 aliphatic carbocycles. The van der Waals surface area contributed by atoms with E-state index in [1.54, 1.807) is 24.4 Å². The van der Waals surface area contributed by atoms with Crippen LogP contribution in [0.4, 0.5) is 13.2 Å². The molecule has 0 atom stereocenters. The fourth-order valence-electron chi connectivity index (χ4n) is 2.70. The molecule has 0 bridgehead atoms. The molecule has 4 aromatic rings. The Kier molecular flexibility index (Phi) is 5.31. The van der Waals surface area contributed by atoms with Crippen molar-refractivity contribution >= 4 is 11.2 Å². The van der Waals surface area contributed by atoms with E-state index in [2.05, 4.69) is 26.8 Å². The zero-order valence-electron chi connectivity index (χ0n) is 15.5. The van der Waals surface area contributed by atoms with E-state index in [-0.39, 0.29) is 18.2 Å². The van der Waals surface area contributed by atoms with E-state index in [1.165, 1.54) is 6.07 Å². The number of hydrogen-bond donors (Lipinski definition) is 0. The van der Waals surface area contributed by atoms with Crippen molar-refractivity contribution in [2.75, 3.05) is 0 Å². The molecule has 7 heteroatoms. The highest BCUT2D eigenvalue weighted by Gasteiger charge is 2.30. The third kappa shape index (κ3) is 4.55. The van der Waals surface area contributed by atoms with Gasteiger partial charge in [-0.1, -0.05) is 36.3 Å². The average molecular weight is 405 g/mol. The van der Waals surface area contributed by atoms with Crippen LogP contribution in [0.3, 0.4) is 0 Å². The lowest BCUT2D eigenvalue weighted by Gasteiger charge is -2.10. The number of halogens is 3. The number of alkyl halides is 3. The molecule has 2 aromatic carbocycles. The van der Waals surface area contributed by atoms with Gasteiger partial charge >= 0.3 is 6.18 Å². The van der Waals surface area contributed by atoms with Crippen molar-refractivity contribution in [1.29, 1.82) is 0 Å². The van der Waals surface area contributed by atoms with Gasteiger partial charge in [0.15, 0.2) is 11.3 Å². The first-order chi connectivity index (χ1) is 14.5. The minimum atomic E-state index is -4.42. The van der Waals surface area contributed by atoms with Crippen molar-refractivity contribution in [2.24, 2.45) is 0 Å². The summed E-state index contributed by atoms with van der Waals surface area (Å²) in [5.74, 6) is 6.04. The Morgan fingerprint density at radius 1 is 0.867 bits per heavy atom. The van der Waals surface area contributed by atoms with E-state index < -0.39 is 11.7 Å². The zero-order valence-corrected chi connectivity index (χ0v) is 15.5. The Labute approximate surface area is 170 Å². The highest BCUT2D eigenvalue weighted by Crippen LogP contribution is 2.30. The van der Waals surface area contributed by atoms with Crippen LogP contribution in [0.5, 0.6) is 5.88 Å². The molecule has 4 nitrogen and oxygen atoms in total. The van der Waals surface area contributed by atoms with Crippen molar-refractivity contribution in [2.45, 2.75) is 12.8 Å². The number of hydrogen-bond acceptors (Lipinski definition) is 4. The summed E-state index contributed by atoms with van der Waals surface area (Å²) in [7, 11) is 0. The predicted octanol–water partition coefficient (Wildman–Crippen LogP) is 5.02. The molecular weight excluding hydrogens is 391 g/mol. The lowest BCUT2D eigenvalue weighted by atomic mass is 10.1. The Balaban J connectivity index is 1.66. The molecular formula is C23H14F3N3O. The Morgan fingerprint density at radius 2 is 1.70 bits per heavy atom. The van der Waals surface area contributed by atoms with E-state index >= 15 is 0 Å². The predicted molar refractivity (Wildman–Crippen MR) is 106 cm³/mol. The van der Waals surface area contributed by atoms with Crippen molar-refractivity contribution in [3.05, 3.63) is 95.3 Å². The van der Waals surface area contributed by atoms with Gasteiger partial charge in [-0.15, -0.1) is 0 Å². The standard InChI is InChI=1S/C23H14F3N3O/c24-23(25,26)18-9-4-8-17(14-18)15-30-22-20(12-11-16-6-2-1-3-7-16)28-21-19(29-22)10-5-13-27-21/h1-10,13-14H,15H2. The van der Waals surface area contributed by atoms with Crippen molar-refractivity contribution < 1.29 is 17.9 Å². The molecule has 0 aliphatic rings. The van der Waals surface area contributed by atoms with E-state index in [0.717, 1.165) is 17.7 Å². The highest BCUT2D eigenvalue weighted by atomic mass is 19.4. The molecule has 0 amide bonds. The van der Waals surface area contributed by atoms with Crippen LogP contribution in [0.15, 0.2) is 72.9 Å². The molecule has 4 rings (SSSR count). The highest BCUT2D eigenvalue weighted by molar-refractivity contribution is 5.71. The zero-order chi connectivity index (χ0) is 21.0. The van der Waals surface area contributed by atoms with Crippen LogP contribution in [0.2, 0.25) is 0 Å². The molecule has 148 valence electrons. The lowest BCUT2D eigenvalue weighted by Crippen LogP contribution is -2.07. The van der Waals surface area contributed by atoms with E-state index in [0.29, 0.717) is 16.7 Å². The Hall–Kier alpha value is -3.92. The molecule has 2 aromatic heterocycles. The molecule has 0 N–H and O–H groups in total. The minimum absolute atomic E-state index is 0.107. The maximum atomic E-state index is 12.9. The molecule has 0 unspecified atom stereocenters. The first-order valence-corrected chi connectivity index (χ1v) is 8.98. The van der Waals surface area contributed by atoms with Gasteiger partial charge < -0.3 is 4.74 Å². The second-order valence-electron chi connectivity index (χ2n) is 6.33. The molecule has 0 saturated carbocycles. The van der Waals surface area contributed by atoms with E-state index in [4.69, 9.17) is 4.74 Å². The average Bonchev–Trinajstić information content (AvgIpc) is 2.76. The van der Waals surface area contributed by atoms with Gasteiger partial charge in [-0.2, -0.15) is 13.2 Å². The first kappa shape index (κ1) is 19.4. The number of nitrogens with zero attached hydrogens (tertiary/aromatic N) is 3. The quantitative estimate of drug-likeness (QED) is 0.449. The van der Waals surface area contributed by atoms with Crippen molar-refractivity contribution in [1.82, 2.24) is 15.0 Å². The van der Waals surface area contributed by atoms with Crippen molar-refractivity contribution in [3.8, 4) is 17.7 Å². The Morgan fingerprint density at radius 3 is 2.50 bits per heavy atom. The van der Waals surface area contributed by atoms with Crippen LogP contribution < -0.4 is 4.74 Å². The van der Waals surface area contributed by atoms with Crippen LogP contribution in [-0.2, 0) is 12.8 Å². The maximum Gasteiger partial charge on any atom is 0.416 e. The van der Waals surface area contributed by atoms with E-state index in [9.17, 15) is 13.2 Å². The normalized spacial score (nSPS) is 11.0. The monoisotopic (exact) mass is 405 g/mol. The Bertz CT molecular complexity index is 1250. The number of fused-ring (bicyclic) bond motifs is 1. The summed E-state index contributed by atoms with van der Waals surface area (Å²) in [6.45, 7) is -0.107. The topological polar surface area (TPSA) is 47.9 Å². The van der Waals surface area contributed by atoms with Gasteiger partial charge in [0, 0.05) is 11.8 Å². The van der Waals surface area contributed by atoms with Crippen LogP contribution in [0, 0.1) is 11.8 Å². The molecule has 0 fully saturated rings. The molecule has 0 aliphatic heterocycles. The van der Waals surface area contributed by atoms with E-state index in [1.807, 2.05) is 30.3 Å². The first-order valence-electron chi connectivity index (χ1n) is 8.98. The largest absolute Gasteiger partial charge is 0.471 e. The summed E-state index contributed by atoms with van der Waals surface area (Å²) in [5, 5.41) is 0. The molecule has 0 spiro atoms. The SMILES string of the molecule is FC(F)(F)c1cccc(COc2nc3cccnc3nc2C#Cc2ccccc2)c1. The third-order valence-corrected chi connectivity index (χ3v) is 4.14. The van der Waals surface area contributed by atoms with Crippen LogP contribution in [0.25, 0.3) is 11.2 Å². The van der Waals surface area contributed by atoms with Gasteiger partial charge in [0.25, 0.3) is 0 Å². The number of ether oxygens (including phenoxy) is 1. The van der Waals surface area contributed by atoms with Crippen LogP contribution >= 0.6 is 0 Å². The van der Waals surface area contributed by atoms with Crippen molar-refractivity contribution in [3.63, 3.8) is 0 Å². The molecule has 2 heterocycles. The maximum absolute atomic E-state index is 12.9. The summed E-state index contributed by atoms with van der Waals surface area (Å²) >= 11 is 0. The summed E-state index contributed by atoms with van der Waals surface area (Å²) in [6, 6.07) is 17.7. The van der Waals surface area contributed by atoms with Gasteiger partial charge in [-0.25, -0.2) is 15.0 Å². The molecule has 0 saturated heterocycles.